The molecule has 0 bridgehead atoms. The van der Waals surface area contributed by atoms with Gasteiger partial charge in [-0.1, -0.05) is 11.6 Å². The van der Waals surface area contributed by atoms with Gasteiger partial charge in [0.15, 0.2) is 5.79 Å². The van der Waals surface area contributed by atoms with Crippen molar-refractivity contribution >= 4 is 22.6 Å². The number of aliphatic hydroxyl groups is 1. The third-order valence-electron chi connectivity index (χ3n) is 4.33. The van der Waals surface area contributed by atoms with Crippen molar-refractivity contribution < 1.29 is 14.6 Å². The van der Waals surface area contributed by atoms with Gasteiger partial charge >= 0.3 is 0 Å². The molecule has 0 unspecified atom stereocenters. The van der Waals surface area contributed by atoms with Crippen molar-refractivity contribution in [1.29, 1.82) is 0 Å². The second kappa shape index (κ2) is 6.36. The van der Waals surface area contributed by atoms with Crippen molar-refractivity contribution in [3.05, 3.63) is 23.7 Å². The minimum atomic E-state index is -0.693. The highest BCUT2D eigenvalue weighted by molar-refractivity contribution is 6.33. The highest BCUT2D eigenvalue weighted by atomic mass is 35.5. The van der Waals surface area contributed by atoms with Gasteiger partial charge in [-0.05, 0) is 33.3 Å². The van der Waals surface area contributed by atoms with Crippen LogP contribution in [0.1, 0.15) is 33.2 Å². The summed E-state index contributed by atoms with van der Waals surface area (Å²) in [5, 5.41) is 10.9. The molecule has 3 heterocycles. The maximum atomic E-state index is 9.66. The van der Waals surface area contributed by atoms with Crippen LogP contribution in [-0.4, -0.2) is 44.7 Å². The van der Waals surface area contributed by atoms with Gasteiger partial charge in [-0.25, -0.2) is 9.97 Å². The first kappa shape index (κ1) is 16.6. The van der Waals surface area contributed by atoms with Gasteiger partial charge in [0.05, 0.1) is 24.1 Å². The van der Waals surface area contributed by atoms with Gasteiger partial charge in [0, 0.05) is 18.7 Å². The number of fused-ring (bicyclic) bond motifs is 1. The lowest BCUT2D eigenvalue weighted by molar-refractivity contribution is -0.258. The van der Waals surface area contributed by atoms with Crippen molar-refractivity contribution in [2.24, 2.45) is 5.92 Å². The zero-order chi connectivity index (χ0) is 16.6. The van der Waals surface area contributed by atoms with E-state index in [1.807, 2.05) is 33.0 Å². The van der Waals surface area contributed by atoms with Gasteiger partial charge in [0.25, 0.3) is 0 Å². The molecular formula is C16H22ClN3O3. The summed E-state index contributed by atoms with van der Waals surface area (Å²) in [6.07, 6.45) is 4.05. The van der Waals surface area contributed by atoms with Gasteiger partial charge in [0.2, 0.25) is 0 Å². The summed E-state index contributed by atoms with van der Waals surface area (Å²) < 4.78 is 13.9. The van der Waals surface area contributed by atoms with Crippen LogP contribution in [-0.2, 0) is 9.47 Å². The molecule has 1 aliphatic rings. The minimum absolute atomic E-state index is 0.0267. The van der Waals surface area contributed by atoms with Crippen LogP contribution in [0.4, 0.5) is 0 Å². The number of hydrogen-bond donors (Lipinski definition) is 1. The van der Waals surface area contributed by atoms with Crippen molar-refractivity contribution in [1.82, 2.24) is 14.5 Å². The van der Waals surface area contributed by atoms with Crippen LogP contribution in [0.25, 0.3) is 11.0 Å². The molecule has 1 saturated heterocycles. The standard InChI is InChI=1S/C16H22ClN3O3/c1-10-13(6-11(7-21)8-22-16(2,3)23-10)20-5-4-12-14(17)18-9-19-15(12)20/h4-5,9-11,13,21H,6-8H2,1-3H3/t10-,11-,13-/m1/s1. The van der Waals surface area contributed by atoms with E-state index in [9.17, 15) is 5.11 Å². The Hall–Kier alpha value is -1.21. The molecule has 126 valence electrons. The number of halogens is 1. The maximum Gasteiger partial charge on any atom is 0.163 e. The molecule has 1 aliphatic heterocycles. The summed E-state index contributed by atoms with van der Waals surface area (Å²) in [4.78, 5) is 8.39. The number of rotatable bonds is 2. The summed E-state index contributed by atoms with van der Waals surface area (Å²) in [5.74, 6) is -0.651. The van der Waals surface area contributed by atoms with E-state index in [-0.39, 0.29) is 24.7 Å². The lowest BCUT2D eigenvalue weighted by Gasteiger charge is -2.39. The number of aromatic nitrogens is 3. The number of aliphatic hydroxyl groups excluding tert-OH is 1. The largest absolute Gasteiger partial charge is 0.396 e. The van der Waals surface area contributed by atoms with E-state index in [0.29, 0.717) is 11.8 Å². The predicted octanol–water partition coefficient (Wildman–Crippen LogP) is 2.80. The highest BCUT2D eigenvalue weighted by Crippen LogP contribution is 2.34. The zero-order valence-corrected chi connectivity index (χ0v) is 14.3. The molecule has 3 rings (SSSR count). The van der Waals surface area contributed by atoms with Crippen molar-refractivity contribution in [3.8, 4) is 0 Å². The molecule has 1 N–H and O–H groups in total. The molecule has 23 heavy (non-hydrogen) atoms. The summed E-state index contributed by atoms with van der Waals surface area (Å²) in [6.45, 7) is 6.35. The molecule has 0 radical (unpaired) electrons. The molecular weight excluding hydrogens is 318 g/mol. The fraction of sp³-hybridized carbons (Fsp3) is 0.625. The summed E-state index contributed by atoms with van der Waals surface area (Å²) in [6, 6.07) is 1.94. The van der Waals surface area contributed by atoms with Crippen LogP contribution < -0.4 is 0 Å². The zero-order valence-electron chi connectivity index (χ0n) is 13.6. The molecule has 0 saturated carbocycles. The van der Waals surface area contributed by atoms with E-state index in [2.05, 4.69) is 14.5 Å². The first-order valence-corrected chi connectivity index (χ1v) is 8.19. The Morgan fingerprint density at radius 3 is 2.96 bits per heavy atom. The fourth-order valence-electron chi connectivity index (χ4n) is 3.15. The molecule has 3 atom stereocenters. The van der Waals surface area contributed by atoms with Gasteiger partial charge in [-0.3, -0.25) is 0 Å². The topological polar surface area (TPSA) is 69.4 Å². The molecule has 0 amide bonds. The van der Waals surface area contributed by atoms with Crippen LogP contribution in [0.5, 0.6) is 0 Å². The smallest absolute Gasteiger partial charge is 0.163 e. The van der Waals surface area contributed by atoms with Gasteiger partial charge < -0.3 is 19.1 Å². The Morgan fingerprint density at radius 2 is 2.22 bits per heavy atom. The second-order valence-electron chi connectivity index (χ2n) is 6.51. The second-order valence-corrected chi connectivity index (χ2v) is 6.87. The van der Waals surface area contributed by atoms with Crippen molar-refractivity contribution in [2.45, 2.75) is 45.1 Å². The first-order chi connectivity index (χ1) is 10.9. The lowest BCUT2D eigenvalue weighted by Crippen LogP contribution is -2.42. The molecule has 1 fully saturated rings. The van der Waals surface area contributed by atoms with Gasteiger partial charge in [-0.15, -0.1) is 0 Å². The Labute approximate surface area is 140 Å². The number of nitrogens with zero attached hydrogens (tertiary/aromatic N) is 3. The van der Waals surface area contributed by atoms with Crippen LogP contribution in [0, 0.1) is 5.92 Å². The summed E-state index contributed by atoms with van der Waals surface area (Å²) >= 11 is 6.15. The Bertz CT molecular complexity index is 688. The normalized spacial score (nSPS) is 28.5. The van der Waals surface area contributed by atoms with E-state index in [1.54, 1.807) is 0 Å². The maximum absolute atomic E-state index is 9.66. The fourth-order valence-corrected chi connectivity index (χ4v) is 3.35. The van der Waals surface area contributed by atoms with E-state index in [1.165, 1.54) is 6.33 Å². The molecule has 0 aliphatic carbocycles. The molecule has 2 aromatic heterocycles. The number of ether oxygens (including phenoxy) is 2. The van der Waals surface area contributed by atoms with Crippen molar-refractivity contribution in [3.63, 3.8) is 0 Å². The quantitative estimate of drug-likeness (QED) is 0.852. The van der Waals surface area contributed by atoms with Crippen LogP contribution in [0.2, 0.25) is 5.15 Å². The predicted molar refractivity (Wildman–Crippen MR) is 87.3 cm³/mol. The Balaban J connectivity index is 2.01. The monoisotopic (exact) mass is 339 g/mol. The first-order valence-electron chi connectivity index (χ1n) is 7.81. The van der Waals surface area contributed by atoms with Gasteiger partial charge in [-0.2, -0.15) is 0 Å². The summed E-state index contributed by atoms with van der Waals surface area (Å²) in [7, 11) is 0. The van der Waals surface area contributed by atoms with E-state index in [4.69, 9.17) is 21.1 Å². The third-order valence-corrected chi connectivity index (χ3v) is 4.63. The van der Waals surface area contributed by atoms with E-state index in [0.717, 1.165) is 17.5 Å². The summed E-state index contributed by atoms with van der Waals surface area (Å²) in [5.41, 5.74) is 0.779. The third kappa shape index (κ3) is 3.35. The van der Waals surface area contributed by atoms with Crippen LogP contribution >= 0.6 is 11.6 Å². The van der Waals surface area contributed by atoms with Crippen LogP contribution in [0.3, 0.4) is 0 Å². The average molecular weight is 340 g/mol. The highest BCUT2D eigenvalue weighted by Gasteiger charge is 2.34. The molecule has 7 heteroatoms. The van der Waals surface area contributed by atoms with E-state index < -0.39 is 5.79 Å². The van der Waals surface area contributed by atoms with E-state index >= 15 is 0 Å². The molecule has 2 aromatic rings. The molecule has 0 spiro atoms. The molecule has 0 aromatic carbocycles. The molecule has 6 nitrogen and oxygen atoms in total. The Morgan fingerprint density at radius 1 is 1.43 bits per heavy atom. The van der Waals surface area contributed by atoms with Crippen molar-refractivity contribution in [2.75, 3.05) is 13.2 Å². The average Bonchev–Trinajstić information content (AvgIpc) is 2.91. The Kier molecular flexibility index (Phi) is 4.60. The van der Waals surface area contributed by atoms with Gasteiger partial charge in [0.1, 0.15) is 17.1 Å². The minimum Gasteiger partial charge on any atom is -0.396 e. The SMILES string of the molecule is C[C@H]1OC(C)(C)OC[C@@H](CO)C[C@H]1n1ccc2c(Cl)ncnc21. The van der Waals surface area contributed by atoms with Crippen LogP contribution in [0.15, 0.2) is 18.6 Å². The lowest BCUT2D eigenvalue weighted by atomic mass is 9.96. The number of hydrogen-bond acceptors (Lipinski definition) is 5.